The second-order valence-electron chi connectivity index (χ2n) is 4.93. The van der Waals surface area contributed by atoms with Gasteiger partial charge in [0.1, 0.15) is 11.6 Å². The van der Waals surface area contributed by atoms with E-state index in [4.69, 9.17) is 5.11 Å². The minimum atomic E-state index is -4.17. The largest absolute Gasteiger partial charge is 0.396 e. The lowest BCUT2D eigenvalue weighted by atomic mass is 9.97. The molecule has 1 atom stereocenters. The Bertz CT molecular complexity index is 555. The summed E-state index contributed by atoms with van der Waals surface area (Å²) in [7, 11) is -4.17. The van der Waals surface area contributed by atoms with Crippen LogP contribution in [0.1, 0.15) is 19.3 Å². The van der Waals surface area contributed by atoms with Gasteiger partial charge in [0.2, 0.25) is 10.0 Å². The van der Waals surface area contributed by atoms with Gasteiger partial charge in [-0.3, -0.25) is 0 Å². The summed E-state index contributed by atoms with van der Waals surface area (Å²) in [6, 6.07) is 3.00. The maximum absolute atomic E-state index is 13.7. The van der Waals surface area contributed by atoms with Crippen LogP contribution in [0.3, 0.4) is 0 Å². The molecule has 7 heteroatoms. The van der Waals surface area contributed by atoms with Crippen molar-refractivity contribution in [1.29, 1.82) is 0 Å². The molecule has 1 aromatic carbocycles. The van der Waals surface area contributed by atoms with Crippen LogP contribution in [0.5, 0.6) is 0 Å². The van der Waals surface area contributed by atoms with Gasteiger partial charge in [-0.05, 0) is 37.3 Å². The van der Waals surface area contributed by atoms with Crippen molar-refractivity contribution in [3.8, 4) is 0 Å². The second-order valence-corrected chi connectivity index (χ2v) is 6.81. The lowest BCUT2D eigenvalue weighted by Crippen LogP contribution is -2.40. The smallest absolute Gasteiger partial charge is 0.248 e. The number of halogens is 2. The molecule has 4 nitrogen and oxygen atoms in total. The average molecular weight is 305 g/mol. The molecule has 0 bridgehead atoms. The molecule has 1 fully saturated rings. The number of rotatable bonds is 4. The molecule has 0 amide bonds. The summed E-state index contributed by atoms with van der Waals surface area (Å²) in [6.45, 7) is 0.418. The van der Waals surface area contributed by atoms with Gasteiger partial charge in [0.25, 0.3) is 0 Å². The number of sulfonamides is 1. The lowest BCUT2D eigenvalue weighted by molar-refractivity contribution is 0.202. The Morgan fingerprint density at radius 2 is 1.95 bits per heavy atom. The van der Waals surface area contributed by atoms with Gasteiger partial charge in [-0.15, -0.1) is 0 Å². The SMILES string of the molecule is O=S(=O)(c1c(F)cccc1F)N1CCCC(CCO)C1. The fourth-order valence-electron chi connectivity index (χ4n) is 2.52. The molecular formula is C13H17F2NO3S. The quantitative estimate of drug-likeness (QED) is 0.922. The van der Waals surface area contributed by atoms with Crippen LogP contribution in [0, 0.1) is 17.6 Å². The highest BCUT2D eigenvalue weighted by Crippen LogP contribution is 2.28. The van der Waals surface area contributed by atoms with Crippen molar-refractivity contribution in [2.45, 2.75) is 24.2 Å². The summed E-state index contributed by atoms with van der Waals surface area (Å²) in [5.41, 5.74) is 0. The van der Waals surface area contributed by atoms with E-state index in [-0.39, 0.29) is 25.6 Å². The molecule has 1 unspecified atom stereocenters. The van der Waals surface area contributed by atoms with Crippen molar-refractivity contribution in [2.75, 3.05) is 19.7 Å². The minimum absolute atomic E-state index is 0.0212. The zero-order valence-corrected chi connectivity index (χ0v) is 11.7. The third kappa shape index (κ3) is 2.99. The molecule has 20 heavy (non-hydrogen) atoms. The van der Waals surface area contributed by atoms with Gasteiger partial charge in [0.15, 0.2) is 4.90 Å². The van der Waals surface area contributed by atoms with E-state index >= 15 is 0 Å². The summed E-state index contributed by atoms with van der Waals surface area (Å²) >= 11 is 0. The van der Waals surface area contributed by atoms with Crippen LogP contribution in [-0.4, -0.2) is 37.5 Å². The maximum Gasteiger partial charge on any atom is 0.248 e. The normalized spacial score (nSPS) is 21.1. The highest BCUT2D eigenvalue weighted by atomic mass is 32.2. The number of benzene rings is 1. The Balaban J connectivity index is 2.30. The lowest BCUT2D eigenvalue weighted by Gasteiger charge is -2.31. The minimum Gasteiger partial charge on any atom is -0.396 e. The van der Waals surface area contributed by atoms with Crippen molar-refractivity contribution in [3.05, 3.63) is 29.8 Å². The van der Waals surface area contributed by atoms with Gasteiger partial charge in [0.05, 0.1) is 0 Å². The molecule has 2 rings (SSSR count). The number of aliphatic hydroxyl groups is 1. The fraction of sp³-hybridized carbons (Fsp3) is 0.538. The number of hydrogen-bond acceptors (Lipinski definition) is 3. The van der Waals surface area contributed by atoms with E-state index in [0.29, 0.717) is 12.8 Å². The Labute approximate surface area is 117 Å². The topological polar surface area (TPSA) is 57.6 Å². The number of hydrogen-bond donors (Lipinski definition) is 1. The third-order valence-electron chi connectivity index (χ3n) is 3.54. The van der Waals surface area contributed by atoms with E-state index in [9.17, 15) is 17.2 Å². The fourth-order valence-corrected chi connectivity index (χ4v) is 4.19. The Morgan fingerprint density at radius 1 is 1.30 bits per heavy atom. The first-order valence-electron chi connectivity index (χ1n) is 6.52. The molecule has 0 radical (unpaired) electrons. The van der Waals surface area contributed by atoms with Crippen LogP contribution in [0.2, 0.25) is 0 Å². The van der Waals surface area contributed by atoms with E-state index in [1.165, 1.54) is 0 Å². The van der Waals surface area contributed by atoms with Gasteiger partial charge >= 0.3 is 0 Å². The van der Waals surface area contributed by atoms with E-state index in [0.717, 1.165) is 28.9 Å². The summed E-state index contributed by atoms with van der Waals surface area (Å²) in [5.74, 6) is -2.12. The Hall–Kier alpha value is -1.05. The molecule has 1 N–H and O–H groups in total. The standard InChI is InChI=1S/C13H17F2NO3S/c14-11-4-1-5-12(15)13(11)20(18,19)16-7-2-3-10(9-16)6-8-17/h1,4-5,10,17H,2-3,6-9H2. The Morgan fingerprint density at radius 3 is 2.55 bits per heavy atom. The predicted molar refractivity (Wildman–Crippen MR) is 69.5 cm³/mol. The number of aliphatic hydroxyl groups excluding tert-OH is 1. The Kier molecular flexibility index (Phi) is 4.72. The van der Waals surface area contributed by atoms with Gasteiger partial charge in [-0.25, -0.2) is 17.2 Å². The summed E-state index contributed by atoms with van der Waals surface area (Å²) in [6.07, 6.45) is 1.93. The molecule has 1 aromatic rings. The van der Waals surface area contributed by atoms with Crippen LogP contribution in [0.15, 0.2) is 23.1 Å². The second kappa shape index (κ2) is 6.15. The molecule has 112 valence electrons. The summed E-state index contributed by atoms with van der Waals surface area (Å²) in [4.78, 5) is -0.885. The zero-order chi connectivity index (χ0) is 14.8. The summed E-state index contributed by atoms with van der Waals surface area (Å²) in [5, 5.41) is 8.92. The van der Waals surface area contributed by atoms with Crippen LogP contribution in [0.4, 0.5) is 8.78 Å². The highest BCUT2D eigenvalue weighted by molar-refractivity contribution is 7.89. The predicted octanol–water partition coefficient (Wildman–Crippen LogP) is 1.75. The van der Waals surface area contributed by atoms with Crippen molar-refractivity contribution in [3.63, 3.8) is 0 Å². The van der Waals surface area contributed by atoms with Crippen LogP contribution < -0.4 is 0 Å². The molecule has 0 aromatic heterocycles. The zero-order valence-electron chi connectivity index (χ0n) is 10.9. The van der Waals surface area contributed by atoms with E-state index < -0.39 is 26.6 Å². The molecule has 0 aliphatic carbocycles. The first-order chi connectivity index (χ1) is 9.46. The molecular weight excluding hydrogens is 288 g/mol. The van der Waals surface area contributed by atoms with E-state index in [1.54, 1.807) is 0 Å². The molecule has 1 heterocycles. The third-order valence-corrected chi connectivity index (χ3v) is 5.45. The average Bonchev–Trinajstić information content (AvgIpc) is 2.39. The summed E-state index contributed by atoms with van der Waals surface area (Å²) < 4.78 is 53.2. The highest BCUT2D eigenvalue weighted by Gasteiger charge is 2.33. The van der Waals surface area contributed by atoms with Crippen LogP contribution >= 0.6 is 0 Å². The van der Waals surface area contributed by atoms with Gasteiger partial charge < -0.3 is 5.11 Å². The monoisotopic (exact) mass is 305 g/mol. The van der Waals surface area contributed by atoms with Gasteiger partial charge in [-0.2, -0.15) is 4.31 Å². The van der Waals surface area contributed by atoms with E-state index in [2.05, 4.69) is 0 Å². The molecule has 0 saturated carbocycles. The number of nitrogens with zero attached hydrogens (tertiary/aromatic N) is 1. The van der Waals surface area contributed by atoms with Gasteiger partial charge in [-0.1, -0.05) is 6.07 Å². The van der Waals surface area contributed by atoms with Crippen molar-refractivity contribution in [1.82, 2.24) is 4.31 Å². The van der Waals surface area contributed by atoms with E-state index in [1.807, 2.05) is 0 Å². The van der Waals surface area contributed by atoms with Crippen LogP contribution in [-0.2, 0) is 10.0 Å². The van der Waals surface area contributed by atoms with Crippen molar-refractivity contribution in [2.24, 2.45) is 5.92 Å². The first-order valence-corrected chi connectivity index (χ1v) is 7.96. The van der Waals surface area contributed by atoms with Crippen molar-refractivity contribution < 1.29 is 22.3 Å². The van der Waals surface area contributed by atoms with Crippen LogP contribution in [0.25, 0.3) is 0 Å². The first kappa shape index (κ1) is 15.3. The molecule has 0 spiro atoms. The molecule has 1 aliphatic heterocycles. The van der Waals surface area contributed by atoms with Crippen molar-refractivity contribution >= 4 is 10.0 Å². The molecule has 1 aliphatic rings. The molecule has 1 saturated heterocycles. The van der Waals surface area contributed by atoms with Gasteiger partial charge in [0, 0.05) is 19.7 Å². The maximum atomic E-state index is 13.7. The number of piperidine rings is 1.